The summed E-state index contributed by atoms with van der Waals surface area (Å²) in [6.07, 6.45) is 16.7. The highest BCUT2D eigenvalue weighted by Gasteiger charge is 2.18. The second-order valence-electron chi connectivity index (χ2n) is 7.01. The van der Waals surface area contributed by atoms with Crippen LogP contribution in [0.15, 0.2) is 0 Å². The van der Waals surface area contributed by atoms with Gasteiger partial charge in [0.2, 0.25) is 0 Å². The summed E-state index contributed by atoms with van der Waals surface area (Å²) in [6.45, 7) is 11.8. The van der Waals surface area contributed by atoms with Crippen LogP contribution in [0.25, 0.3) is 0 Å². The van der Waals surface area contributed by atoms with Crippen LogP contribution in [-0.2, 0) is 0 Å². The van der Waals surface area contributed by atoms with Crippen molar-refractivity contribution in [2.24, 2.45) is 0 Å². The molecule has 0 amide bonds. The van der Waals surface area contributed by atoms with E-state index in [1.54, 1.807) is 0 Å². The smallest absolute Gasteiger partial charge is 0.195 e. The second kappa shape index (κ2) is 15.0. The molecule has 0 aromatic carbocycles. The zero-order valence-corrected chi connectivity index (χ0v) is 16.4. The quantitative estimate of drug-likeness (QED) is 0.287. The molecule has 0 aliphatic carbocycles. The van der Waals surface area contributed by atoms with E-state index in [0.717, 1.165) is 0 Å². The average Bonchev–Trinajstić information content (AvgIpc) is 2.45. The van der Waals surface area contributed by atoms with Gasteiger partial charge in [0.25, 0.3) is 0 Å². The first-order valence-electron chi connectivity index (χ1n) is 9.62. The van der Waals surface area contributed by atoms with Gasteiger partial charge in [-0.05, 0) is 39.0 Å². The van der Waals surface area contributed by atoms with Crippen LogP contribution in [0, 0.1) is 0 Å². The van der Waals surface area contributed by atoms with Gasteiger partial charge >= 0.3 is 0 Å². The molecule has 0 saturated heterocycles. The summed E-state index contributed by atoms with van der Waals surface area (Å²) in [5.74, 6) is 0. The average molecular weight is 315 g/mol. The van der Waals surface area contributed by atoms with Crippen LogP contribution in [0.3, 0.4) is 0 Å². The van der Waals surface area contributed by atoms with Crippen molar-refractivity contribution in [3.05, 3.63) is 0 Å². The van der Waals surface area contributed by atoms with Gasteiger partial charge in [0, 0.05) is 0 Å². The van der Waals surface area contributed by atoms with E-state index in [1.165, 1.54) is 90.1 Å². The molecule has 0 aliphatic rings. The molecule has 0 unspecified atom stereocenters. The van der Waals surface area contributed by atoms with E-state index >= 15 is 0 Å². The van der Waals surface area contributed by atoms with Crippen LogP contribution in [-0.4, -0.2) is 21.5 Å². The van der Waals surface area contributed by atoms with E-state index < -0.39 is 8.40 Å². The number of unbranched alkanes of at least 4 members (excludes halogenated alkanes) is 10. The van der Waals surface area contributed by atoms with Crippen molar-refractivity contribution in [3.63, 3.8) is 0 Å². The Hall–Kier alpha value is 0.137. The largest absolute Gasteiger partial charge is 0.326 e. The fourth-order valence-corrected chi connectivity index (χ4v) is 4.40. The van der Waals surface area contributed by atoms with Crippen molar-refractivity contribution < 1.29 is 0 Å². The van der Waals surface area contributed by atoms with Crippen molar-refractivity contribution in [3.8, 4) is 0 Å². The maximum atomic E-state index is 3.79. The molecule has 0 aromatic rings. The molecule has 2 nitrogen and oxygen atoms in total. The van der Waals surface area contributed by atoms with Crippen LogP contribution in [0.4, 0.5) is 0 Å². The zero-order chi connectivity index (χ0) is 15.8. The van der Waals surface area contributed by atoms with Gasteiger partial charge in [-0.2, -0.15) is 0 Å². The van der Waals surface area contributed by atoms with Crippen molar-refractivity contribution in [2.75, 3.05) is 13.1 Å². The fourth-order valence-electron chi connectivity index (χ4n) is 2.67. The molecule has 128 valence electrons. The predicted octanol–water partition coefficient (Wildman–Crippen LogP) is 5.59. The fraction of sp³-hybridized carbons (Fsp3) is 1.00. The Balaban J connectivity index is 3.35. The molecule has 0 bridgehead atoms. The van der Waals surface area contributed by atoms with Gasteiger partial charge in [0.1, 0.15) is 0 Å². The lowest BCUT2D eigenvalue weighted by Gasteiger charge is -2.25. The lowest BCUT2D eigenvalue weighted by molar-refractivity contribution is 0.591. The molecule has 0 atom stereocenters. The maximum absolute atomic E-state index is 3.79. The number of hydrogen-bond acceptors (Lipinski definition) is 2. The molecule has 0 aromatic heterocycles. The summed E-state index contributed by atoms with van der Waals surface area (Å²) in [5.41, 5.74) is 0. The summed E-state index contributed by atoms with van der Waals surface area (Å²) in [4.78, 5) is 7.58. The molecule has 0 heterocycles. The third kappa shape index (κ3) is 16.3. The lowest BCUT2D eigenvalue weighted by atomic mass is 10.1. The van der Waals surface area contributed by atoms with E-state index in [-0.39, 0.29) is 0 Å². The highest BCUT2D eigenvalue weighted by molar-refractivity contribution is 6.72. The SMILES string of the molecule is CCCCCCCCN[Si](C)(C)NCCCCCCCC. The molecule has 3 heteroatoms. The number of hydrogen-bond donors (Lipinski definition) is 2. The highest BCUT2D eigenvalue weighted by atomic mass is 28.3. The molecule has 21 heavy (non-hydrogen) atoms. The minimum atomic E-state index is -1.35. The first-order chi connectivity index (χ1) is 10.1. The summed E-state index contributed by atoms with van der Waals surface area (Å²) in [6, 6.07) is 0. The lowest BCUT2D eigenvalue weighted by Crippen LogP contribution is -2.58. The number of nitrogens with one attached hydrogen (secondary N) is 2. The molecule has 0 aliphatic heterocycles. The molecule has 0 radical (unpaired) electrons. The minimum Gasteiger partial charge on any atom is -0.326 e. The molecular weight excluding hydrogens is 272 g/mol. The molecule has 0 saturated carbocycles. The van der Waals surface area contributed by atoms with Crippen molar-refractivity contribution >= 4 is 8.40 Å². The maximum Gasteiger partial charge on any atom is 0.195 e. The molecule has 2 N–H and O–H groups in total. The van der Waals surface area contributed by atoms with E-state index in [2.05, 4.69) is 36.9 Å². The van der Waals surface area contributed by atoms with Gasteiger partial charge in [-0.1, -0.05) is 78.1 Å². The normalized spacial score (nSPS) is 12.0. The van der Waals surface area contributed by atoms with Gasteiger partial charge in [-0.25, -0.2) is 0 Å². The Morgan fingerprint density at radius 1 is 0.524 bits per heavy atom. The standard InChI is InChI=1S/C18H42N2Si/c1-5-7-9-11-13-15-17-19-21(3,4)20-18-16-14-12-10-8-6-2/h19-20H,5-18H2,1-4H3. The van der Waals surface area contributed by atoms with Gasteiger partial charge < -0.3 is 9.96 Å². The molecule has 0 rings (SSSR count). The van der Waals surface area contributed by atoms with E-state index in [1.807, 2.05) is 0 Å². The van der Waals surface area contributed by atoms with Crippen LogP contribution in [0.5, 0.6) is 0 Å². The van der Waals surface area contributed by atoms with Crippen molar-refractivity contribution in [1.82, 2.24) is 9.96 Å². The predicted molar refractivity (Wildman–Crippen MR) is 100 cm³/mol. The first-order valence-corrected chi connectivity index (χ1v) is 12.6. The Morgan fingerprint density at radius 2 is 0.857 bits per heavy atom. The Labute approximate surface area is 136 Å². The zero-order valence-electron chi connectivity index (χ0n) is 15.4. The minimum absolute atomic E-state index is 1.20. The monoisotopic (exact) mass is 314 g/mol. The van der Waals surface area contributed by atoms with Crippen LogP contribution in [0.1, 0.15) is 90.9 Å². The van der Waals surface area contributed by atoms with E-state index in [4.69, 9.17) is 0 Å². The van der Waals surface area contributed by atoms with Crippen LogP contribution in [0.2, 0.25) is 13.1 Å². The first kappa shape index (κ1) is 21.1. The second-order valence-corrected chi connectivity index (χ2v) is 11.0. The summed E-state index contributed by atoms with van der Waals surface area (Å²) in [5, 5.41) is 0. The van der Waals surface area contributed by atoms with Gasteiger partial charge in [-0.15, -0.1) is 0 Å². The highest BCUT2D eigenvalue weighted by Crippen LogP contribution is 2.06. The van der Waals surface area contributed by atoms with Crippen molar-refractivity contribution in [1.29, 1.82) is 0 Å². The summed E-state index contributed by atoms with van der Waals surface area (Å²) in [7, 11) is -1.35. The van der Waals surface area contributed by atoms with Crippen LogP contribution < -0.4 is 9.96 Å². The summed E-state index contributed by atoms with van der Waals surface area (Å²) < 4.78 is 0. The molecule has 0 spiro atoms. The van der Waals surface area contributed by atoms with E-state index in [0.29, 0.717) is 0 Å². The molecule has 0 fully saturated rings. The molecular formula is C18H42N2Si. The van der Waals surface area contributed by atoms with E-state index in [9.17, 15) is 0 Å². The number of rotatable bonds is 16. The van der Waals surface area contributed by atoms with Gasteiger partial charge in [-0.3, -0.25) is 0 Å². The third-order valence-corrected chi connectivity index (χ3v) is 6.46. The van der Waals surface area contributed by atoms with Gasteiger partial charge in [0.15, 0.2) is 8.40 Å². The Morgan fingerprint density at radius 3 is 1.24 bits per heavy atom. The Kier molecular flexibility index (Phi) is 15.1. The van der Waals surface area contributed by atoms with Crippen LogP contribution >= 0.6 is 0 Å². The topological polar surface area (TPSA) is 24.1 Å². The third-order valence-electron chi connectivity index (χ3n) is 4.19. The van der Waals surface area contributed by atoms with Gasteiger partial charge in [0.05, 0.1) is 0 Å². The Bertz CT molecular complexity index is 187. The summed E-state index contributed by atoms with van der Waals surface area (Å²) >= 11 is 0. The van der Waals surface area contributed by atoms with Crippen molar-refractivity contribution in [2.45, 2.75) is 104 Å².